The van der Waals surface area contributed by atoms with Gasteiger partial charge < -0.3 is 9.64 Å². The van der Waals surface area contributed by atoms with Gasteiger partial charge >= 0.3 is 5.97 Å². The van der Waals surface area contributed by atoms with Crippen molar-refractivity contribution < 1.29 is 22.7 Å². The van der Waals surface area contributed by atoms with Crippen molar-refractivity contribution in [1.82, 2.24) is 4.90 Å². The lowest BCUT2D eigenvalue weighted by Crippen LogP contribution is -2.43. The zero-order valence-electron chi connectivity index (χ0n) is 12.3. The van der Waals surface area contributed by atoms with Crippen molar-refractivity contribution in [2.24, 2.45) is 0 Å². The molecule has 1 heterocycles. The minimum Gasteiger partial charge on any atom is -0.452 e. The van der Waals surface area contributed by atoms with Gasteiger partial charge in [-0.15, -0.1) is 0 Å². The van der Waals surface area contributed by atoms with E-state index < -0.39 is 15.8 Å². The van der Waals surface area contributed by atoms with Crippen LogP contribution in [0.15, 0.2) is 24.3 Å². The number of carbonyl (C=O) groups is 2. The molecule has 0 aliphatic carbocycles. The van der Waals surface area contributed by atoms with E-state index in [4.69, 9.17) is 4.74 Å². The molecule has 21 heavy (non-hydrogen) atoms. The number of nitrogens with zero attached hydrogens (tertiary/aromatic N) is 1. The van der Waals surface area contributed by atoms with Crippen LogP contribution in [0.2, 0.25) is 0 Å². The molecule has 1 fully saturated rings. The van der Waals surface area contributed by atoms with E-state index in [1.54, 1.807) is 19.1 Å². The van der Waals surface area contributed by atoms with E-state index in [-0.39, 0.29) is 30.1 Å². The summed E-state index contributed by atoms with van der Waals surface area (Å²) in [5.41, 5.74) is 0. The van der Waals surface area contributed by atoms with E-state index in [1.165, 1.54) is 17.1 Å². The maximum atomic E-state index is 12.0. The van der Waals surface area contributed by atoms with Crippen LogP contribution in [0.3, 0.4) is 0 Å². The van der Waals surface area contributed by atoms with E-state index in [0.717, 1.165) is 0 Å². The van der Waals surface area contributed by atoms with Crippen molar-refractivity contribution in [3.8, 4) is 0 Å². The van der Waals surface area contributed by atoms with Gasteiger partial charge in [-0.05, 0) is 20.3 Å². The van der Waals surface area contributed by atoms with Crippen molar-refractivity contribution in [3.05, 3.63) is 24.3 Å². The van der Waals surface area contributed by atoms with Crippen LogP contribution in [0.1, 0.15) is 20.3 Å². The number of rotatable bonds is 6. The molecule has 6 nitrogen and oxygen atoms in total. The van der Waals surface area contributed by atoms with Crippen LogP contribution in [0.5, 0.6) is 0 Å². The number of hydrogen-bond donors (Lipinski definition) is 0. The molecule has 0 aromatic heterocycles. The summed E-state index contributed by atoms with van der Waals surface area (Å²) in [6, 6.07) is -0.315. The third kappa shape index (κ3) is 5.71. The number of ether oxygens (including phenoxy) is 1. The lowest BCUT2D eigenvalue weighted by molar-refractivity contribution is -0.149. The molecule has 0 radical (unpaired) electrons. The molecule has 118 valence electrons. The summed E-state index contributed by atoms with van der Waals surface area (Å²) in [4.78, 5) is 24.8. The van der Waals surface area contributed by atoms with E-state index in [9.17, 15) is 18.0 Å². The van der Waals surface area contributed by atoms with Gasteiger partial charge in [-0.2, -0.15) is 0 Å². The van der Waals surface area contributed by atoms with Crippen LogP contribution in [0, 0.1) is 0 Å². The molecule has 7 heteroatoms. The monoisotopic (exact) mass is 315 g/mol. The highest BCUT2D eigenvalue weighted by molar-refractivity contribution is 7.91. The van der Waals surface area contributed by atoms with Crippen LogP contribution >= 0.6 is 0 Å². The van der Waals surface area contributed by atoms with Crippen LogP contribution in [0.25, 0.3) is 0 Å². The molecule has 1 rings (SSSR count). The summed E-state index contributed by atoms with van der Waals surface area (Å²) in [7, 11) is -3.05. The lowest BCUT2D eigenvalue weighted by Gasteiger charge is -2.26. The Kier molecular flexibility index (Phi) is 6.61. The molecule has 1 atom stereocenters. The van der Waals surface area contributed by atoms with Gasteiger partial charge in [0.1, 0.15) is 0 Å². The Morgan fingerprint density at radius 1 is 1.33 bits per heavy atom. The number of amides is 1. The first-order chi connectivity index (χ1) is 9.89. The highest BCUT2D eigenvalue weighted by Crippen LogP contribution is 2.17. The van der Waals surface area contributed by atoms with Crippen molar-refractivity contribution in [2.45, 2.75) is 26.3 Å². The number of carbonyl (C=O) groups excluding carboxylic acids is 2. The molecule has 1 aliphatic heterocycles. The Morgan fingerprint density at radius 2 is 2.05 bits per heavy atom. The molecule has 1 aliphatic rings. The van der Waals surface area contributed by atoms with Crippen molar-refractivity contribution in [2.75, 3.05) is 24.7 Å². The second-order valence-electron chi connectivity index (χ2n) is 4.73. The van der Waals surface area contributed by atoms with E-state index >= 15 is 0 Å². The van der Waals surface area contributed by atoms with Gasteiger partial charge in [-0.1, -0.05) is 18.2 Å². The molecule has 0 aromatic rings. The minimum atomic E-state index is -3.05. The van der Waals surface area contributed by atoms with Gasteiger partial charge in [-0.25, -0.2) is 13.2 Å². The van der Waals surface area contributed by atoms with Crippen molar-refractivity contribution >= 4 is 21.7 Å². The number of allylic oxidation sites excluding steroid dienone is 3. The van der Waals surface area contributed by atoms with Crippen LogP contribution in [-0.4, -0.2) is 55.9 Å². The molecular weight excluding hydrogens is 294 g/mol. The highest BCUT2D eigenvalue weighted by Gasteiger charge is 2.33. The normalized spacial score (nSPS) is 21.0. The lowest BCUT2D eigenvalue weighted by atomic mass is 10.2. The van der Waals surface area contributed by atoms with E-state index in [2.05, 4.69) is 0 Å². The smallest absolute Gasteiger partial charge is 0.331 e. The Hall–Kier alpha value is -1.63. The fourth-order valence-corrected chi connectivity index (χ4v) is 3.90. The minimum absolute atomic E-state index is 0.0122. The summed E-state index contributed by atoms with van der Waals surface area (Å²) in [5, 5.41) is 0. The first-order valence-electron chi connectivity index (χ1n) is 6.85. The number of hydrogen-bond acceptors (Lipinski definition) is 5. The average molecular weight is 315 g/mol. The number of sulfone groups is 1. The average Bonchev–Trinajstić information content (AvgIpc) is 2.78. The predicted octanol–water partition coefficient (Wildman–Crippen LogP) is 0.698. The third-order valence-electron chi connectivity index (χ3n) is 3.18. The molecule has 0 bridgehead atoms. The fourth-order valence-electron chi connectivity index (χ4n) is 2.17. The first kappa shape index (κ1) is 17.4. The molecule has 1 amide bonds. The Balaban J connectivity index is 2.51. The highest BCUT2D eigenvalue weighted by atomic mass is 32.2. The van der Waals surface area contributed by atoms with Gasteiger partial charge in [0.05, 0.1) is 11.5 Å². The Labute approximate surface area is 125 Å². The molecule has 0 N–H and O–H groups in total. The van der Waals surface area contributed by atoms with Crippen LogP contribution in [-0.2, 0) is 24.2 Å². The quantitative estimate of drug-likeness (QED) is 0.409. The Bertz CT molecular complexity index is 536. The fraction of sp³-hybridized carbons (Fsp3) is 0.571. The summed E-state index contributed by atoms with van der Waals surface area (Å²) in [6.45, 7) is 3.61. The molecule has 0 saturated carbocycles. The van der Waals surface area contributed by atoms with Gasteiger partial charge in [0.25, 0.3) is 5.91 Å². The third-order valence-corrected chi connectivity index (χ3v) is 4.93. The topological polar surface area (TPSA) is 80.8 Å². The second kappa shape index (κ2) is 7.97. The summed E-state index contributed by atoms with van der Waals surface area (Å²) in [5.74, 6) is -0.876. The Morgan fingerprint density at radius 3 is 2.57 bits per heavy atom. The standard InChI is InChI=1S/C14H21NO5S/c1-3-5-6-7-14(17)20-10-13(16)15(4-2)12-8-9-21(18,19)11-12/h3,5-7,12H,4,8-11H2,1-2H3/b5-3+,7-6+. The maximum absolute atomic E-state index is 12.0. The maximum Gasteiger partial charge on any atom is 0.331 e. The summed E-state index contributed by atoms with van der Waals surface area (Å²) >= 11 is 0. The van der Waals surface area contributed by atoms with E-state index in [0.29, 0.717) is 13.0 Å². The molecular formula is C14H21NO5S. The van der Waals surface area contributed by atoms with Crippen LogP contribution < -0.4 is 0 Å². The van der Waals surface area contributed by atoms with Gasteiger partial charge in [0.2, 0.25) is 0 Å². The van der Waals surface area contributed by atoms with Crippen LogP contribution in [0.4, 0.5) is 0 Å². The number of esters is 1. The number of likely N-dealkylation sites (N-methyl/N-ethyl adjacent to an activating group) is 1. The van der Waals surface area contributed by atoms with Crippen molar-refractivity contribution in [1.29, 1.82) is 0 Å². The largest absolute Gasteiger partial charge is 0.452 e. The zero-order valence-corrected chi connectivity index (χ0v) is 13.1. The SMILES string of the molecule is C/C=C/C=C/C(=O)OCC(=O)N(CC)C1CCS(=O)(=O)C1. The molecule has 0 aromatic carbocycles. The summed E-state index contributed by atoms with van der Waals surface area (Å²) in [6.07, 6.45) is 6.62. The van der Waals surface area contributed by atoms with E-state index in [1.807, 2.05) is 6.92 Å². The summed E-state index contributed by atoms with van der Waals surface area (Å²) < 4.78 is 27.8. The molecule has 1 unspecified atom stereocenters. The predicted molar refractivity (Wildman–Crippen MR) is 79.4 cm³/mol. The second-order valence-corrected chi connectivity index (χ2v) is 6.96. The van der Waals surface area contributed by atoms with Gasteiger partial charge in [0.15, 0.2) is 16.4 Å². The van der Waals surface area contributed by atoms with Gasteiger partial charge in [-0.3, -0.25) is 4.79 Å². The first-order valence-corrected chi connectivity index (χ1v) is 8.67. The zero-order chi connectivity index (χ0) is 15.9. The van der Waals surface area contributed by atoms with Crippen molar-refractivity contribution in [3.63, 3.8) is 0 Å². The molecule has 0 spiro atoms. The molecule has 1 saturated heterocycles. The van der Waals surface area contributed by atoms with Gasteiger partial charge in [0, 0.05) is 18.7 Å².